The van der Waals surface area contributed by atoms with Crippen molar-refractivity contribution < 1.29 is 28.5 Å². The van der Waals surface area contributed by atoms with Gasteiger partial charge in [-0.3, -0.25) is 0 Å². The van der Waals surface area contributed by atoms with Gasteiger partial charge in [-0.25, -0.2) is 4.79 Å². The molecule has 4 rings (SSSR count). The lowest BCUT2D eigenvalue weighted by molar-refractivity contribution is -0.155. The number of hydrogen-bond donors (Lipinski definition) is 0. The van der Waals surface area contributed by atoms with Crippen molar-refractivity contribution >= 4 is 17.6 Å². The van der Waals surface area contributed by atoms with Crippen molar-refractivity contribution in [3.63, 3.8) is 0 Å². The summed E-state index contributed by atoms with van der Waals surface area (Å²) >= 11 is 6.18. The van der Waals surface area contributed by atoms with E-state index >= 15 is 0 Å². The fourth-order valence-electron chi connectivity index (χ4n) is 2.63. The molecule has 130 valence electrons. The van der Waals surface area contributed by atoms with E-state index in [4.69, 9.17) is 35.3 Å². The van der Waals surface area contributed by atoms with Crippen LogP contribution in [-0.2, 0) is 16.1 Å². The molecule has 0 bridgehead atoms. The Morgan fingerprint density at radius 2 is 1.88 bits per heavy atom. The lowest BCUT2D eigenvalue weighted by Crippen LogP contribution is -2.37. The Kier molecular flexibility index (Phi) is 4.28. The minimum atomic E-state index is -0.803. The second-order valence-electron chi connectivity index (χ2n) is 5.57. The first-order valence-corrected chi connectivity index (χ1v) is 8.21. The monoisotopic (exact) mass is 362 g/mol. The standard InChI is InChI=1S/C18H15ClO6/c19-12-7-11(8-15-17(12)22-6-5-21-15)9-24-18(20)16-10-23-13-3-1-2-4-14(13)25-16/h1-4,7-8,16H,5-6,9-10H2/t16-/m1/s1. The largest absolute Gasteiger partial charge is 0.486 e. The summed E-state index contributed by atoms with van der Waals surface area (Å²) in [7, 11) is 0. The molecule has 6 nitrogen and oxygen atoms in total. The van der Waals surface area contributed by atoms with Crippen LogP contribution in [0, 0.1) is 0 Å². The molecule has 1 atom stereocenters. The first kappa shape index (κ1) is 15.9. The molecule has 25 heavy (non-hydrogen) atoms. The smallest absolute Gasteiger partial charge is 0.351 e. The molecule has 0 fully saturated rings. The number of rotatable bonds is 3. The molecule has 2 aliphatic heterocycles. The molecule has 0 spiro atoms. The summed E-state index contributed by atoms with van der Waals surface area (Å²) < 4.78 is 27.4. The number of fused-ring (bicyclic) bond motifs is 2. The van der Waals surface area contributed by atoms with Crippen LogP contribution in [0.15, 0.2) is 36.4 Å². The van der Waals surface area contributed by atoms with E-state index in [-0.39, 0.29) is 13.2 Å². The SMILES string of the molecule is O=C(OCc1cc(Cl)c2c(c1)OCCO2)[C@H]1COc2ccccc2O1. The number of benzene rings is 2. The Morgan fingerprint density at radius 1 is 1.08 bits per heavy atom. The highest BCUT2D eigenvalue weighted by atomic mass is 35.5. The summed E-state index contributed by atoms with van der Waals surface area (Å²) in [5.41, 5.74) is 0.708. The molecule has 7 heteroatoms. The van der Waals surface area contributed by atoms with Gasteiger partial charge in [0.05, 0.1) is 5.02 Å². The number of para-hydroxylation sites is 2. The highest BCUT2D eigenvalue weighted by Crippen LogP contribution is 2.38. The van der Waals surface area contributed by atoms with Crippen molar-refractivity contribution in [1.82, 2.24) is 0 Å². The Balaban J connectivity index is 1.40. The van der Waals surface area contributed by atoms with Gasteiger partial charge in [0, 0.05) is 0 Å². The summed E-state index contributed by atoms with van der Waals surface area (Å²) in [6, 6.07) is 10.6. The van der Waals surface area contributed by atoms with Crippen LogP contribution in [0.2, 0.25) is 5.02 Å². The maximum absolute atomic E-state index is 12.2. The van der Waals surface area contributed by atoms with Crippen LogP contribution >= 0.6 is 11.6 Å². The minimum Gasteiger partial charge on any atom is -0.486 e. The summed E-state index contributed by atoms with van der Waals surface area (Å²) in [4.78, 5) is 12.2. The predicted octanol–water partition coefficient (Wildman–Crippen LogP) is 2.99. The Hall–Kier alpha value is -2.60. The molecule has 2 heterocycles. The minimum absolute atomic E-state index is 0.0523. The van der Waals surface area contributed by atoms with Crippen LogP contribution in [0.4, 0.5) is 0 Å². The second kappa shape index (κ2) is 6.72. The van der Waals surface area contributed by atoms with Gasteiger partial charge in [0.2, 0.25) is 6.10 Å². The molecule has 0 saturated heterocycles. The third-order valence-electron chi connectivity index (χ3n) is 3.81. The number of halogens is 1. The third kappa shape index (κ3) is 3.30. The summed E-state index contributed by atoms with van der Waals surface area (Å²) in [5.74, 6) is 1.71. The normalized spacial score (nSPS) is 17.7. The lowest BCUT2D eigenvalue weighted by Gasteiger charge is -2.25. The topological polar surface area (TPSA) is 63.2 Å². The zero-order valence-corrected chi connectivity index (χ0v) is 14.0. The van der Waals surface area contributed by atoms with Crippen LogP contribution in [0.1, 0.15) is 5.56 Å². The van der Waals surface area contributed by atoms with Gasteiger partial charge in [0.25, 0.3) is 0 Å². The Morgan fingerprint density at radius 3 is 2.76 bits per heavy atom. The van der Waals surface area contributed by atoms with E-state index in [9.17, 15) is 4.79 Å². The van der Waals surface area contributed by atoms with Gasteiger partial charge in [-0.05, 0) is 29.8 Å². The number of esters is 1. The number of carbonyl (C=O) groups is 1. The molecule has 0 N–H and O–H groups in total. The van der Waals surface area contributed by atoms with Crippen LogP contribution in [-0.4, -0.2) is 31.9 Å². The zero-order valence-electron chi connectivity index (χ0n) is 13.2. The van der Waals surface area contributed by atoms with E-state index in [1.165, 1.54) is 0 Å². The molecule has 0 aromatic heterocycles. The molecule has 0 amide bonds. The van der Waals surface area contributed by atoms with Gasteiger partial charge in [-0.15, -0.1) is 0 Å². The zero-order chi connectivity index (χ0) is 17.2. The third-order valence-corrected chi connectivity index (χ3v) is 4.09. The molecular weight excluding hydrogens is 348 g/mol. The van der Waals surface area contributed by atoms with Crippen LogP contribution in [0.25, 0.3) is 0 Å². The van der Waals surface area contributed by atoms with E-state index < -0.39 is 12.1 Å². The van der Waals surface area contributed by atoms with Crippen LogP contribution in [0.5, 0.6) is 23.0 Å². The summed E-state index contributed by atoms with van der Waals surface area (Å²) in [5, 5.41) is 0.425. The van der Waals surface area contributed by atoms with Gasteiger partial charge in [-0.2, -0.15) is 0 Å². The maximum Gasteiger partial charge on any atom is 0.351 e. The Bertz CT molecular complexity index is 806. The first-order valence-electron chi connectivity index (χ1n) is 7.84. The van der Waals surface area contributed by atoms with E-state index in [0.717, 1.165) is 0 Å². The van der Waals surface area contributed by atoms with Crippen molar-refractivity contribution in [2.75, 3.05) is 19.8 Å². The van der Waals surface area contributed by atoms with Gasteiger partial charge < -0.3 is 23.7 Å². The summed E-state index contributed by atoms with van der Waals surface area (Å²) in [6.45, 7) is 1.08. The van der Waals surface area contributed by atoms with Crippen molar-refractivity contribution in [1.29, 1.82) is 0 Å². The van der Waals surface area contributed by atoms with E-state index in [0.29, 0.717) is 46.8 Å². The molecule has 2 aromatic carbocycles. The first-order chi connectivity index (χ1) is 12.2. The van der Waals surface area contributed by atoms with E-state index in [1.54, 1.807) is 24.3 Å². The van der Waals surface area contributed by atoms with Crippen LogP contribution < -0.4 is 18.9 Å². The summed E-state index contributed by atoms with van der Waals surface area (Å²) in [6.07, 6.45) is -0.803. The van der Waals surface area contributed by atoms with Gasteiger partial charge >= 0.3 is 5.97 Å². The second-order valence-corrected chi connectivity index (χ2v) is 5.98. The van der Waals surface area contributed by atoms with E-state index in [2.05, 4.69) is 0 Å². The molecule has 0 unspecified atom stereocenters. The van der Waals surface area contributed by atoms with Gasteiger partial charge in [0.1, 0.15) is 26.4 Å². The van der Waals surface area contributed by atoms with Crippen molar-refractivity contribution in [3.8, 4) is 23.0 Å². The molecule has 2 aliphatic rings. The fraction of sp³-hybridized carbons (Fsp3) is 0.278. The molecule has 0 saturated carbocycles. The average Bonchev–Trinajstić information content (AvgIpc) is 2.66. The van der Waals surface area contributed by atoms with E-state index in [1.807, 2.05) is 12.1 Å². The van der Waals surface area contributed by atoms with Gasteiger partial charge in [-0.1, -0.05) is 23.7 Å². The average molecular weight is 363 g/mol. The van der Waals surface area contributed by atoms with Crippen LogP contribution in [0.3, 0.4) is 0 Å². The maximum atomic E-state index is 12.2. The predicted molar refractivity (Wildman–Crippen MR) is 88.6 cm³/mol. The van der Waals surface area contributed by atoms with Crippen molar-refractivity contribution in [3.05, 3.63) is 47.0 Å². The molecule has 0 aliphatic carbocycles. The highest BCUT2D eigenvalue weighted by molar-refractivity contribution is 6.32. The van der Waals surface area contributed by atoms with Gasteiger partial charge in [0.15, 0.2) is 23.0 Å². The van der Waals surface area contributed by atoms with Crippen molar-refractivity contribution in [2.45, 2.75) is 12.7 Å². The lowest BCUT2D eigenvalue weighted by atomic mass is 10.2. The van der Waals surface area contributed by atoms with Crippen molar-refractivity contribution in [2.24, 2.45) is 0 Å². The number of hydrogen-bond acceptors (Lipinski definition) is 6. The molecule has 0 radical (unpaired) electrons. The quantitative estimate of drug-likeness (QED) is 0.782. The number of ether oxygens (including phenoxy) is 5. The Labute approximate surface area is 149 Å². The molecular formula is C18H15ClO6. The number of carbonyl (C=O) groups excluding carboxylic acids is 1. The fourth-order valence-corrected chi connectivity index (χ4v) is 2.92. The highest BCUT2D eigenvalue weighted by Gasteiger charge is 2.29. The molecule has 2 aromatic rings.